The number of esters is 1. The van der Waals surface area contributed by atoms with Crippen LogP contribution in [0.5, 0.6) is 0 Å². The van der Waals surface area contributed by atoms with E-state index in [1.165, 1.54) is 0 Å². The Bertz CT molecular complexity index is 775. The van der Waals surface area contributed by atoms with Gasteiger partial charge in [-0.3, -0.25) is 19.2 Å². The van der Waals surface area contributed by atoms with E-state index in [1.54, 1.807) is 38.1 Å². The van der Waals surface area contributed by atoms with Crippen molar-refractivity contribution < 1.29 is 23.9 Å². The molecule has 4 N–H and O–H groups in total. The molecule has 0 heterocycles. The van der Waals surface area contributed by atoms with Gasteiger partial charge < -0.3 is 26.0 Å². The van der Waals surface area contributed by atoms with Crippen molar-refractivity contribution in [1.29, 1.82) is 0 Å². The fraction of sp³-hybridized carbons (Fsp3) is 0.565. The first-order valence-corrected chi connectivity index (χ1v) is 10.9. The second-order valence-electron chi connectivity index (χ2n) is 8.55. The second kappa shape index (κ2) is 13.5. The molecule has 9 nitrogen and oxygen atoms in total. The zero-order valence-corrected chi connectivity index (χ0v) is 19.8. The lowest BCUT2D eigenvalue weighted by Crippen LogP contribution is -2.52. The Morgan fingerprint density at radius 1 is 0.875 bits per heavy atom. The number of hydrogen-bond donors (Lipinski definition) is 4. The summed E-state index contributed by atoms with van der Waals surface area (Å²) in [5, 5.41) is 10.9. The maximum absolute atomic E-state index is 12.5. The van der Waals surface area contributed by atoms with E-state index in [0.717, 1.165) is 5.56 Å². The van der Waals surface area contributed by atoms with E-state index in [-0.39, 0.29) is 49.5 Å². The molecule has 0 saturated heterocycles. The lowest BCUT2D eigenvalue weighted by Gasteiger charge is -2.22. The van der Waals surface area contributed by atoms with Gasteiger partial charge in [0.05, 0.1) is 19.0 Å². The predicted octanol–water partition coefficient (Wildman–Crippen LogP) is 1.58. The van der Waals surface area contributed by atoms with Gasteiger partial charge in [0.25, 0.3) is 0 Å². The smallest absolute Gasteiger partial charge is 0.308 e. The van der Waals surface area contributed by atoms with E-state index >= 15 is 0 Å². The van der Waals surface area contributed by atoms with Crippen LogP contribution in [0.15, 0.2) is 24.3 Å². The highest BCUT2D eigenvalue weighted by atomic mass is 16.5. The van der Waals surface area contributed by atoms with Crippen molar-refractivity contribution in [2.45, 2.75) is 60.2 Å². The summed E-state index contributed by atoms with van der Waals surface area (Å²) in [6.07, 6.45) is 0. The molecule has 0 aliphatic carbocycles. The van der Waals surface area contributed by atoms with Gasteiger partial charge in [0.15, 0.2) is 0 Å². The zero-order chi connectivity index (χ0) is 24.3. The summed E-state index contributed by atoms with van der Waals surface area (Å²) in [6, 6.07) is 6.29. The van der Waals surface area contributed by atoms with Crippen LogP contribution in [0.1, 0.15) is 47.1 Å². The molecule has 32 heavy (non-hydrogen) atoms. The molecule has 0 aromatic heterocycles. The van der Waals surface area contributed by atoms with E-state index < -0.39 is 17.9 Å². The third-order valence-corrected chi connectivity index (χ3v) is 4.45. The number of nitrogens with one attached hydrogen (secondary N) is 4. The van der Waals surface area contributed by atoms with Crippen LogP contribution in [0.4, 0.5) is 5.69 Å². The maximum Gasteiger partial charge on any atom is 0.308 e. The average Bonchev–Trinajstić information content (AvgIpc) is 2.73. The summed E-state index contributed by atoms with van der Waals surface area (Å²) >= 11 is 0. The number of anilines is 1. The van der Waals surface area contributed by atoms with E-state index in [9.17, 15) is 19.2 Å². The van der Waals surface area contributed by atoms with Crippen LogP contribution >= 0.6 is 0 Å². The number of carbonyl (C=O) groups excluding carboxylic acids is 4. The summed E-state index contributed by atoms with van der Waals surface area (Å²) in [7, 11) is 0. The first-order chi connectivity index (χ1) is 15.0. The summed E-state index contributed by atoms with van der Waals surface area (Å²) < 4.78 is 5.16. The molecule has 0 fully saturated rings. The lowest BCUT2D eigenvalue weighted by atomic mass is 10.0. The minimum Gasteiger partial charge on any atom is -0.461 e. The number of rotatable bonds is 12. The molecular weight excluding hydrogens is 412 g/mol. The molecule has 0 saturated carbocycles. The van der Waals surface area contributed by atoms with Crippen LogP contribution in [-0.4, -0.2) is 48.9 Å². The van der Waals surface area contributed by atoms with Crippen molar-refractivity contribution in [2.75, 3.05) is 18.4 Å². The van der Waals surface area contributed by atoms with E-state index in [0.29, 0.717) is 5.69 Å². The minimum atomic E-state index is -0.739. The van der Waals surface area contributed by atoms with Crippen molar-refractivity contribution in [1.82, 2.24) is 16.0 Å². The highest BCUT2D eigenvalue weighted by Gasteiger charge is 2.24. The van der Waals surface area contributed by atoms with Gasteiger partial charge in [0.1, 0.15) is 12.6 Å². The molecule has 0 radical (unpaired) electrons. The Labute approximate surface area is 190 Å². The van der Waals surface area contributed by atoms with E-state index in [2.05, 4.69) is 21.3 Å². The quantitative estimate of drug-likeness (QED) is 0.360. The number of hydrogen-bond acceptors (Lipinski definition) is 6. The average molecular weight is 449 g/mol. The molecule has 0 bridgehead atoms. The normalized spacial score (nSPS) is 11.9. The fourth-order valence-electron chi connectivity index (χ4n) is 2.54. The van der Waals surface area contributed by atoms with Crippen molar-refractivity contribution in [3.63, 3.8) is 0 Å². The molecule has 1 rings (SSSR count). The molecule has 9 heteroatoms. The highest BCUT2D eigenvalue weighted by Crippen LogP contribution is 2.11. The van der Waals surface area contributed by atoms with Crippen LogP contribution in [0.2, 0.25) is 0 Å². The Balaban J connectivity index is 2.50. The highest BCUT2D eigenvalue weighted by molar-refractivity contribution is 5.96. The topological polar surface area (TPSA) is 126 Å². The van der Waals surface area contributed by atoms with Crippen molar-refractivity contribution >= 4 is 29.4 Å². The standard InChI is InChI=1S/C23H36N4O5/c1-14(2)21(27-20(29)11-24-16(5)6)22(30)25-12-19(28)26-18-9-7-17(8-10-18)13-32-23(31)15(3)4/h7-10,14-16,21,24H,11-13H2,1-6H3,(H,25,30)(H,26,28)(H,27,29). The molecular formula is C23H36N4O5. The van der Waals surface area contributed by atoms with Gasteiger partial charge in [0, 0.05) is 11.7 Å². The third-order valence-electron chi connectivity index (χ3n) is 4.45. The first-order valence-electron chi connectivity index (χ1n) is 10.9. The number of amides is 3. The molecule has 178 valence electrons. The second-order valence-corrected chi connectivity index (χ2v) is 8.55. The van der Waals surface area contributed by atoms with E-state index in [4.69, 9.17) is 4.74 Å². The molecule has 1 aromatic rings. The van der Waals surface area contributed by atoms with Gasteiger partial charge in [-0.15, -0.1) is 0 Å². The Kier molecular flexibility index (Phi) is 11.4. The van der Waals surface area contributed by atoms with Crippen LogP contribution in [-0.2, 0) is 30.5 Å². The third kappa shape index (κ3) is 10.4. The number of benzene rings is 1. The van der Waals surface area contributed by atoms with E-state index in [1.807, 2.05) is 27.7 Å². The monoisotopic (exact) mass is 448 g/mol. The SMILES string of the molecule is CC(C)NCC(=O)NC(C(=O)NCC(=O)Nc1ccc(COC(=O)C(C)C)cc1)C(C)C. The van der Waals surface area contributed by atoms with Gasteiger partial charge >= 0.3 is 5.97 Å². The van der Waals surface area contributed by atoms with Gasteiger partial charge in [-0.05, 0) is 23.6 Å². The number of carbonyl (C=O) groups is 4. The molecule has 3 amide bonds. The largest absolute Gasteiger partial charge is 0.461 e. The summed E-state index contributed by atoms with van der Waals surface area (Å²) in [5.41, 5.74) is 1.35. The molecule has 1 unspecified atom stereocenters. The summed E-state index contributed by atoms with van der Waals surface area (Å²) in [5.74, 6) is -1.70. The molecule has 0 aliphatic heterocycles. The van der Waals surface area contributed by atoms with Crippen molar-refractivity contribution in [3.05, 3.63) is 29.8 Å². The zero-order valence-electron chi connectivity index (χ0n) is 19.8. The van der Waals surface area contributed by atoms with Crippen molar-refractivity contribution in [3.8, 4) is 0 Å². The van der Waals surface area contributed by atoms with Gasteiger partial charge in [0.2, 0.25) is 17.7 Å². The molecule has 1 aromatic carbocycles. The van der Waals surface area contributed by atoms with Gasteiger partial charge in [-0.2, -0.15) is 0 Å². The van der Waals surface area contributed by atoms with Crippen LogP contribution in [0.3, 0.4) is 0 Å². The van der Waals surface area contributed by atoms with Crippen molar-refractivity contribution in [2.24, 2.45) is 11.8 Å². The maximum atomic E-state index is 12.5. The van der Waals surface area contributed by atoms with Crippen LogP contribution in [0.25, 0.3) is 0 Å². The van der Waals surface area contributed by atoms with Crippen LogP contribution < -0.4 is 21.3 Å². The minimum absolute atomic E-state index is 0.112. The molecule has 0 spiro atoms. The Hall–Kier alpha value is -2.94. The summed E-state index contributed by atoms with van der Waals surface area (Å²) in [6.45, 7) is 11.1. The predicted molar refractivity (Wildman–Crippen MR) is 123 cm³/mol. The molecule has 1 atom stereocenters. The molecule has 0 aliphatic rings. The lowest BCUT2D eigenvalue weighted by molar-refractivity contribution is -0.148. The first kappa shape index (κ1) is 27.1. The Morgan fingerprint density at radius 2 is 1.50 bits per heavy atom. The van der Waals surface area contributed by atoms with Crippen LogP contribution in [0, 0.1) is 11.8 Å². The summed E-state index contributed by atoms with van der Waals surface area (Å²) in [4.78, 5) is 48.2. The Morgan fingerprint density at radius 3 is 2.03 bits per heavy atom. The number of ether oxygens (including phenoxy) is 1. The van der Waals surface area contributed by atoms with Gasteiger partial charge in [-0.1, -0.05) is 53.7 Å². The fourth-order valence-corrected chi connectivity index (χ4v) is 2.54. The van der Waals surface area contributed by atoms with Gasteiger partial charge in [-0.25, -0.2) is 0 Å².